The first-order chi connectivity index (χ1) is 11.7. The Morgan fingerprint density at radius 3 is 2.71 bits per heavy atom. The summed E-state index contributed by atoms with van der Waals surface area (Å²) >= 11 is 0. The highest BCUT2D eigenvalue weighted by molar-refractivity contribution is 5.74. The lowest BCUT2D eigenvalue weighted by Crippen LogP contribution is -2.24. The third-order valence-corrected chi connectivity index (χ3v) is 4.59. The molecule has 4 heteroatoms. The highest BCUT2D eigenvalue weighted by atomic mass is 16.5. The van der Waals surface area contributed by atoms with Gasteiger partial charge in [-0.3, -0.25) is 9.69 Å². The fraction of sp³-hybridized carbons (Fsp3) is 0.300. The standard InChI is InChI=1S/C20H20N2O2/c1-24-20(23)19-14-22(12-15-6-3-2-4-7-15)13-18(19)17-9-5-8-16(10-17)11-21/h2-10,18-19H,12-14H2,1H3. The summed E-state index contributed by atoms with van der Waals surface area (Å²) in [6, 6.07) is 19.9. The molecule has 24 heavy (non-hydrogen) atoms. The van der Waals surface area contributed by atoms with Gasteiger partial charge in [-0.25, -0.2) is 0 Å². The molecule has 1 saturated heterocycles. The summed E-state index contributed by atoms with van der Waals surface area (Å²) in [4.78, 5) is 14.5. The van der Waals surface area contributed by atoms with E-state index in [0.29, 0.717) is 12.1 Å². The number of carbonyl (C=O) groups is 1. The summed E-state index contributed by atoms with van der Waals surface area (Å²) in [6.07, 6.45) is 0. The van der Waals surface area contributed by atoms with Crippen molar-refractivity contribution in [1.29, 1.82) is 5.26 Å². The Balaban J connectivity index is 1.83. The molecule has 0 aliphatic carbocycles. The largest absolute Gasteiger partial charge is 0.469 e. The van der Waals surface area contributed by atoms with Crippen LogP contribution in [0.1, 0.15) is 22.6 Å². The number of methoxy groups -OCH3 is 1. The number of hydrogen-bond acceptors (Lipinski definition) is 4. The van der Waals surface area contributed by atoms with Gasteiger partial charge in [0.15, 0.2) is 0 Å². The number of esters is 1. The smallest absolute Gasteiger partial charge is 0.310 e. The van der Waals surface area contributed by atoms with Crippen molar-refractivity contribution in [2.75, 3.05) is 20.2 Å². The maximum absolute atomic E-state index is 12.2. The lowest BCUT2D eigenvalue weighted by atomic mass is 9.88. The van der Waals surface area contributed by atoms with Crippen molar-refractivity contribution in [3.05, 3.63) is 71.3 Å². The molecule has 4 nitrogen and oxygen atoms in total. The van der Waals surface area contributed by atoms with E-state index >= 15 is 0 Å². The van der Waals surface area contributed by atoms with Gasteiger partial charge in [-0.15, -0.1) is 0 Å². The van der Waals surface area contributed by atoms with Crippen molar-refractivity contribution >= 4 is 5.97 Å². The minimum Gasteiger partial charge on any atom is -0.469 e. The Kier molecular flexibility index (Phi) is 4.93. The molecule has 0 radical (unpaired) electrons. The third-order valence-electron chi connectivity index (χ3n) is 4.59. The predicted octanol–water partition coefficient (Wildman–Crippen LogP) is 2.95. The average Bonchev–Trinajstić information content (AvgIpc) is 3.05. The SMILES string of the molecule is COC(=O)C1CN(Cc2ccccc2)CC1c1cccc(C#N)c1. The summed E-state index contributed by atoms with van der Waals surface area (Å²) in [7, 11) is 1.44. The van der Waals surface area contributed by atoms with Crippen LogP contribution in [0.4, 0.5) is 0 Å². The van der Waals surface area contributed by atoms with E-state index in [-0.39, 0.29) is 17.8 Å². The van der Waals surface area contributed by atoms with E-state index in [1.165, 1.54) is 12.7 Å². The van der Waals surface area contributed by atoms with Crippen molar-refractivity contribution < 1.29 is 9.53 Å². The highest BCUT2D eigenvalue weighted by Gasteiger charge is 2.39. The second kappa shape index (κ2) is 7.29. The molecule has 1 heterocycles. The lowest BCUT2D eigenvalue weighted by molar-refractivity contribution is -0.145. The van der Waals surface area contributed by atoms with Crippen LogP contribution in [0.5, 0.6) is 0 Å². The van der Waals surface area contributed by atoms with E-state index in [9.17, 15) is 4.79 Å². The summed E-state index contributed by atoms with van der Waals surface area (Å²) in [5, 5.41) is 9.12. The van der Waals surface area contributed by atoms with Crippen LogP contribution in [0.3, 0.4) is 0 Å². The maximum atomic E-state index is 12.2. The molecule has 1 fully saturated rings. The normalized spacial score (nSPS) is 20.5. The predicted molar refractivity (Wildman–Crippen MR) is 91.1 cm³/mol. The van der Waals surface area contributed by atoms with Gasteiger partial charge in [-0.05, 0) is 23.3 Å². The number of rotatable bonds is 4. The molecule has 0 saturated carbocycles. The molecule has 0 spiro atoms. The average molecular weight is 320 g/mol. The number of hydrogen-bond donors (Lipinski definition) is 0. The van der Waals surface area contributed by atoms with Crippen LogP contribution >= 0.6 is 0 Å². The first-order valence-electron chi connectivity index (χ1n) is 8.05. The molecule has 1 aliphatic rings. The van der Waals surface area contributed by atoms with Gasteiger partial charge in [0, 0.05) is 25.6 Å². The Morgan fingerprint density at radius 2 is 2.00 bits per heavy atom. The van der Waals surface area contributed by atoms with E-state index in [1.807, 2.05) is 36.4 Å². The number of nitriles is 1. The summed E-state index contributed by atoms with van der Waals surface area (Å²) in [6.45, 7) is 2.26. The van der Waals surface area contributed by atoms with E-state index in [2.05, 4.69) is 23.1 Å². The minimum absolute atomic E-state index is 0.0504. The van der Waals surface area contributed by atoms with Crippen LogP contribution in [0.15, 0.2) is 54.6 Å². The molecule has 0 N–H and O–H groups in total. The van der Waals surface area contributed by atoms with Gasteiger partial charge in [0.05, 0.1) is 24.7 Å². The number of ether oxygens (including phenoxy) is 1. The van der Waals surface area contributed by atoms with Crippen LogP contribution < -0.4 is 0 Å². The van der Waals surface area contributed by atoms with Gasteiger partial charge in [-0.2, -0.15) is 5.26 Å². The van der Waals surface area contributed by atoms with Crippen molar-refractivity contribution in [2.45, 2.75) is 12.5 Å². The van der Waals surface area contributed by atoms with E-state index in [4.69, 9.17) is 10.00 Å². The van der Waals surface area contributed by atoms with E-state index in [0.717, 1.165) is 18.7 Å². The molecule has 2 aromatic rings. The quantitative estimate of drug-likeness (QED) is 0.813. The van der Waals surface area contributed by atoms with Gasteiger partial charge >= 0.3 is 5.97 Å². The zero-order valence-electron chi connectivity index (χ0n) is 13.7. The van der Waals surface area contributed by atoms with Gasteiger partial charge in [-0.1, -0.05) is 42.5 Å². The van der Waals surface area contributed by atoms with Crippen molar-refractivity contribution in [3.63, 3.8) is 0 Å². The number of benzene rings is 2. The first kappa shape index (κ1) is 16.2. The summed E-state index contributed by atoms with van der Waals surface area (Å²) in [5.41, 5.74) is 2.88. The van der Waals surface area contributed by atoms with Crippen molar-refractivity contribution in [2.24, 2.45) is 5.92 Å². The Hall–Kier alpha value is -2.64. The van der Waals surface area contributed by atoms with Crippen LogP contribution in [-0.2, 0) is 16.1 Å². The molecule has 1 aliphatic heterocycles. The lowest BCUT2D eigenvalue weighted by Gasteiger charge is -2.17. The van der Waals surface area contributed by atoms with Crippen molar-refractivity contribution in [3.8, 4) is 6.07 Å². The molecule has 3 rings (SSSR count). The number of likely N-dealkylation sites (tertiary alicyclic amines) is 1. The topological polar surface area (TPSA) is 53.3 Å². The number of carbonyl (C=O) groups excluding carboxylic acids is 1. The van der Waals surface area contributed by atoms with Crippen LogP contribution in [0, 0.1) is 17.2 Å². The Morgan fingerprint density at radius 1 is 1.21 bits per heavy atom. The highest BCUT2D eigenvalue weighted by Crippen LogP contribution is 2.34. The maximum Gasteiger partial charge on any atom is 0.310 e. The van der Waals surface area contributed by atoms with E-state index in [1.54, 1.807) is 6.07 Å². The van der Waals surface area contributed by atoms with Crippen LogP contribution in [0.25, 0.3) is 0 Å². The molecular weight excluding hydrogens is 300 g/mol. The second-order valence-electron chi connectivity index (χ2n) is 6.15. The van der Waals surface area contributed by atoms with Crippen LogP contribution in [0.2, 0.25) is 0 Å². The van der Waals surface area contributed by atoms with Gasteiger partial charge in [0.2, 0.25) is 0 Å². The summed E-state index contributed by atoms with van der Waals surface area (Å²) < 4.78 is 5.01. The molecule has 0 aromatic heterocycles. The fourth-order valence-electron chi connectivity index (χ4n) is 3.42. The molecule has 0 bridgehead atoms. The van der Waals surface area contributed by atoms with Gasteiger partial charge < -0.3 is 4.74 Å². The minimum atomic E-state index is -0.201. The Bertz CT molecular complexity index is 752. The van der Waals surface area contributed by atoms with Crippen LogP contribution in [-0.4, -0.2) is 31.1 Å². The molecule has 2 aromatic carbocycles. The summed E-state index contributed by atoms with van der Waals surface area (Å²) in [5.74, 6) is -0.333. The third kappa shape index (κ3) is 3.47. The first-order valence-corrected chi connectivity index (χ1v) is 8.05. The fourth-order valence-corrected chi connectivity index (χ4v) is 3.42. The zero-order valence-corrected chi connectivity index (χ0v) is 13.7. The van der Waals surface area contributed by atoms with E-state index < -0.39 is 0 Å². The van der Waals surface area contributed by atoms with Gasteiger partial charge in [0.1, 0.15) is 0 Å². The molecule has 2 atom stereocenters. The molecule has 2 unspecified atom stereocenters. The van der Waals surface area contributed by atoms with Gasteiger partial charge in [0.25, 0.3) is 0 Å². The zero-order chi connectivity index (χ0) is 16.9. The molecule has 0 amide bonds. The second-order valence-corrected chi connectivity index (χ2v) is 6.15. The Labute approximate surface area is 142 Å². The monoisotopic (exact) mass is 320 g/mol. The number of nitrogens with zero attached hydrogens (tertiary/aromatic N) is 2. The van der Waals surface area contributed by atoms with Crippen molar-refractivity contribution in [1.82, 2.24) is 4.90 Å². The molecule has 122 valence electrons. The molecular formula is C20H20N2O2.